The molecule has 0 fully saturated rings. The van der Waals surface area contributed by atoms with Crippen LogP contribution in [0, 0.1) is 12.3 Å². The van der Waals surface area contributed by atoms with Crippen LogP contribution in [0.15, 0.2) is 12.3 Å². The Kier molecular flexibility index (Phi) is 5.82. The number of hydrogen-bond acceptors (Lipinski definition) is 3. The van der Waals surface area contributed by atoms with Crippen molar-refractivity contribution in [1.29, 1.82) is 0 Å². The molecule has 0 radical (unpaired) electrons. The molecular weight excluding hydrogens is 234 g/mol. The molecule has 0 saturated carbocycles. The van der Waals surface area contributed by atoms with Crippen molar-refractivity contribution >= 4 is 17.4 Å². The van der Waals surface area contributed by atoms with E-state index in [1.165, 1.54) is 0 Å². The Morgan fingerprint density at radius 1 is 1.53 bits per heavy atom. The highest BCUT2D eigenvalue weighted by Crippen LogP contribution is 2.23. The quantitative estimate of drug-likeness (QED) is 0.787. The first-order valence-electron chi connectivity index (χ1n) is 5.76. The zero-order valence-corrected chi connectivity index (χ0v) is 11.1. The maximum Gasteiger partial charge on any atom is 0.148 e. The van der Waals surface area contributed by atoms with Crippen molar-refractivity contribution in [2.75, 3.05) is 24.5 Å². The van der Waals surface area contributed by atoms with Gasteiger partial charge < -0.3 is 10.2 Å². The van der Waals surface area contributed by atoms with Gasteiger partial charge >= 0.3 is 0 Å². The number of anilines is 1. The molecule has 0 bridgehead atoms. The highest BCUT2D eigenvalue weighted by atomic mass is 35.5. The van der Waals surface area contributed by atoms with Crippen LogP contribution in [0.1, 0.15) is 19.4 Å². The lowest BCUT2D eigenvalue weighted by atomic mass is 10.2. The van der Waals surface area contributed by atoms with Crippen LogP contribution in [-0.4, -0.2) is 24.6 Å². The average Bonchev–Trinajstić information content (AvgIpc) is 2.34. The van der Waals surface area contributed by atoms with Gasteiger partial charge in [0, 0.05) is 19.3 Å². The van der Waals surface area contributed by atoms with Gasteiger partial charge in [0.1, 0.15) is 5.82 Å². The molecule has 17 heavy (non-hydrogen) atoms. The lowest BCUT2D eigenvalue weighted by Crippen LogP contribution is -2.24. The zero-order valence-electron chi connectivity index (χ0n) is 10.3. The van der Waals surface area contributed by atoms with Crippen LogP contribution in [0.25, 0.3) is 0 Å². The van der Waals surface area contributed by atoms with Gasteiger partial charge in [-0.05, 0) is 25.1 Å². The minimum absolute atomic E-state index is 0.524. The van der Waals surface area contributed by atoms with E-state index in [4.69, 9.17) is 18.0 Å². The highest BCUT2D eigenvalue weighted by molar-refractivity contribution is 6.33. The van der Waals surface area contributed by atoms with E-state index >= 15 is 0 Å². The Morgan fingerprint density at radius 2 is 2.29 bits per heavy atom. The van der Waals surface area contributed by atoms with Crippen molar-refractivity contribution in [3.05, 3.63) is 22.8 Å². The first kappa shape index (κ1) is 13.8. The summed E-state index contributed by atoms with van der Waals surface area (Å²) in [5, 5.41) is 3.89. The lowest BCUT2D eigenvalue weighted by molar-refractivity contribution is 0.724. The molecule has 92 valence electrons. The lowest BCUT2D eigenvalue weighted by Gasteiger charge is -2.20. The van der Waals surface area contributed by atoms with Crippen molar-refractivity contribution in [2.24, 2.45) is 0 Å². The van der Waals surface area contributed by atoms with Crippen LogP contribution < -0.4 is 10.2 Å². The maximum absolute atomic E-state index is 6.22. The first-order chi connectivity index (χ1) is 8.22. The maximum atomic E-state index is 6.22. The second kappa shape index (κ2) is 7.16. The molecule has 0 unspecified atom stereocenters. The predicted octanol–water partition coefficient (Wildman–Crippen LogP) is 2.30. The van der Waals surface area contributed by atoms with Gasteiger partial charge in [0.05, 0.1) is 11.6 Å². The monoisotopic (exact) mass is 251 g/mol. The molecule has 1 heterocycles. The van der Waals surface area contributed by atoms with Gasteiger partial charge in [-0.2, -0.15) is 0 Å². The molecule has 4 heteroatoms. The number of pyridine rings is 1. The molecular formula is C13H18ClN3. The van der Waals surface area contributed by atoms with Crippen LogP contribution in [0.3, 0.4) is 0 Å². The van der Waals surface area contributed by atoms with Crippen molar-refractivity contribution in [1.82, 2.24) is 10.3 Å². The summed E-state index contributed by atoms with van der Waals surface area (Å²) in [6, 6.07) is 1.94. The molecule has 0 amide bonds. The number of nitrogens with zero attached hydrogens (tertiary/aromatic N) is 2. The molecule has 1 rings (SSSR count). The Labute approximate surface area is 108 Å². The minimum Gasteiger partial charge on any atom is -0.345 e. The first-order valence-corrected chi connectivity index (χ1v) is 6.14. The minimum atomic E-state index is 0.524. The van der Waals surface area contributed by atoms with Crippen molar-refractivity contribution < 1.29 is 0 Å². The van der Waals surface area contributed by atoms with Crippen LogP contribution in [0.4, 0.5) is 5.82 Å². The Balaban J connectivity index is 2.85. The topological polar surface area (TPSA) is 28.2 Å². The van der Waals surface area contributed by atoms with E-state index in [1.54, 1.807) is 0 Å². The van der Waals surface area contributed by atoms with Gasteiger partial charge in [0.2, 0.25) is 0 Å². The second-order valence-corrected chi connectivity index (χ2v) is 4.05. The van der Waals surface area contributed by atoms with Crippen molar-refractivity contribution in [3.63, 3.8) is 0 Å². The van der Waals surface area contributed by atoms with E-state index in [-0.39, 0.29) is 0 Å². The molecule has 1 N–H and O–H groups in total. The van der Waals surface area contributed by atoms with Gasteiger partial charge in [-0.25, -0.2) is 4.98 Å². The van der Waals surface area contributed by atoms with E-state index in [1.807, 2.05) is 24.1 Å². The van der Waals surface area contributed by atoms with E-state index in [0.717, 1.165) is 31.0 Å². The number of aromatic nitrogens is 1. The van der Waals surface area contributed by atoms with Crippen LogP contribution in [0.2, 0.25) is 5.02 Å². The smallest absolute Gasteiger partial charge is 0.148 e. The predicted molar refractivity (Wildman–Crippen MR) is 73.3 cm³/mol. The number of halogens is 1. The Morgan fingerprint density at radius 3 is 2.82 bits per heavy atom. The van der Waals surface area contributed by atoms with Gasteiger partial charge in [0.25, 0.3) is 0 Å². The Hall–Kier alpha value is -1.24. The molecule has 0 spiro atoms. The molecule has 1 aromatic heterocycles. The third-order valence-electron chi connectivity index (χ3n) is 2.42. The Bertz CT molecular complexity index is 398. The summed E-state index contributed by atoms with van der Waals surface area (Å²) in [7, 11) is 0. The fourth-order valence-electron chi connectivity index (χ4n) is 1.52. The number of hydrogen-bond donors (Lipinski definition) is 1. The van der Waals surface area contributed by atoms with Crippen molar-refractivity contribution in [3.8, 4) is 12.3 Å². The number of terminal acetylenes is 1. The molecule has 0 aliphatic rings. The average molecular weight is 252 g/mol. The largest absolute Gasteiger partial charge is 0.345 e. The second-order valence-electron chi connectivity index (χ2n) is 3.65. The van der Waals surface area contributed by atoms with Gasteiger partial charge in [0.15, 0.2) is 0 Å². The summed E-state index contributed by atoms with van der Waals surface area (Å²) in [4.78, 5) is 6.35. The molecule has 0 aliphatic heterocycles. The molecule has 0 atom stereocenters. The van der Waals surface area contributed by atoms with Crippen LogP contribution in [0.5, 0.6) is 0 Å². The molecule has 0 saturated heterocycles. The van der Waals surface area contributed by atoms with Gasteiger partial charge in [-0.3, -0.25) is 0 Å². The summed E-state index contributed by atoms with van der Waals surface area (Å²) in [5.74, 6) is 3.37. The fraction of sp³-hybridized carbons (Fsp3) is 0.462. The number of nitrogens with one attached hydrogen (secondary N) is 1. The molecule has 0 aliphatic carbocycles. The van der Waals surface area contributed by atoms with E-state index in [0.29, 0.717) is 11.6 Å². The van der Waals surface area contributed by atoms with Gasteiger partial charge in [-0.15, -0.1) is 6.42 Å². The highest BCUT2D eigenvalue weighted by Gasteiger charge is 2.09. The summed E-state index contributed by atoms with van der Waals surface area (Å²) in [5.41, 5.74) is 1.08. The SMILES string of the molecule is C#CCN(CC)c1ncc(CNCC)cc1Cl. The van der Waals surface area contributed by atoms with Crippen molar-refractivity contribution in [2.45, 2.75) is 20.4 Å². The summed E-state index contributed by atoms with van der Waals surface area (Å²) >= 11 is 6.22. The van der Waals surface area contributed by atoms with E-state index in [2.05, 4.69) is 23.1 Å². The van der Waals surface area contributed by atoms with Crippen LogP contribution >= 0.6 is 11.6 Å². The number of rotatable bonds is 6. The van der Waals surface area contributed by atoms with E-state index < -0.39 is 0 Å². The van der Waals surface area contributed by atoms with Crippen LogP contribution in [-0.2, 0) is 6.54 Å². The summed E-state index contributed by atoms with van der Waals surface area (Å²) in [6.45, 7) is 7.12. The molecule has 1 aromatic rings. The summed E-state index contributed by atoms with van der Waals surface area (Å²) < 4.78 is 0. The zero-order chi connectivity index (χ0) is 12.7. The molecule has 0 aromatic carbocycles. The van der Waals surface area contributed by atoms with E-state index in [9.17, 15) is 0 Å². The standard InChI is InChI=1S/C13H18ClN3/c1-4-7-17(6-3)13-12(14)8-11(10-16-13)9-15-5-2/h1,8,10,15H,5-7,9H2,2-3H3. The normalized spacial score (nSPS) is 10.0. The van der Waals surface area contributed by atoms with Gasteiger partial charge in [-0.1, -0.05) is 24.4 Å². The molecule has 3 nitrogen and oxygen atoms in total. The third kappa shape index (κ3) is 3.92. The summed E-state index contributed by atoms with van der Waals surface area (Å²) in [6.07, 6.45) is 7.15. The fourth-order valence-corrected chi connectivity index (χ4v) is 1.82. The third-order valence-corrected chi connectivity index (χ3v) is 2.70.